The molecule has 4 fully saturated rings. The second-order valence-corrected chi connectivity index (χ2v) is 23.2. The molecule has 452 valence electrons. The number of rotatable bonds is 19. The van der Waals surface area contributed by atoms with E-state index < -0.39 is 47.6 Å². The SMILES string of the molecule is C.COC(=O)C1=C(CBr)NC(c2nccs2)=N[C@H]1c1ccc(F)cc1Cl.COC(=O)C1=C(CN2CCN3C(=O)N(CCCCC(=O)O)C[C@@H]3C2)NC(c2nccs2)=N[C@H]1c1ccc(F)cc1Cl.O=C(O)CCCCN1C[C@@H]2CCCCN2C1=O. The third-order valence-corrected chi connectivity index (χ3v) is 17.4. The number of carbonyl (C=O) groups excluding carboxylic acids is 4. The molecule has 4 N–H and O–H groups in total. The Kier molecular flexibility index (Phi) is 23.6. The van der Waals surface area contributed by atoms with Gasteiger partial charge in [0.05, 0.1) is 37.4 Å². The second kappa shape index (κ2) is 30.5. The van der Waals surface area contributed by atoms with Gasteiger partial charge in [-0.25, -0.2) is 37.9 Å². The topological polar surface area (TPSA) is 252 Å². The Bertz CT molecular complexity index is 3160. The minimum absolute atomic E-state index is 0. The Hall–Kier alpha value is -6.58. The summed E-state index contributed by atoms with van der Waals surface area (Å²) < 4.78 is 37.4. The number of aliphatic imine (C=N–C) groups is 2. The van der Waals surface area contributed by atoms with Gasteiger partial charge in [0.2, 0.25) is 0 Å². The molecule has 0 saturated carbocycles. The number of fused-ring (bicyclic) bond motifs is 2. The number of aliphatic carboxylic acids is 2. The number of thiazole rings is 2. The van der Waals surface area contributed by atoms with E-state index in [4.69, 9.17) is 47.9 Å². The zero-order valence-corrected chi connectivity index (χ0v) is 50.1. The number of urea groups is 2. The predicted octanol–water partition coefficient (Wildman–Crippen LogP) is 9.15. The molecule has 21 nitrogen and oxygen atoms in total. The second-order valence-electron chi connectivity index (χ2n) is 20.0. The number of nitrogens with one attached hydrogen (secondary N) is 2. The molecule has 0 bridgehead atoms. The summed E-state index contributed by atoms with van der Waals surface area (Å²) in [5, 5.41) is 29.5. The highest BCUT2D eigenvalue weighted by Crippen LogP contribution is 2.39. The van der Waals surface area contributed by atoms with Gasteiger partial charge in [-0.1, -0.05) is 58.7 Å². The van der Waals surface area contributed by atoms with E-state index in [1.165, 1.54) is 79.7 Å². The Morgan fingerprint density at radius 3 is 1.63 bits per heavy atom. The standard InChI is InChI=1S/C27H30ClFN6O5S.C16H12BrClFN3O2S.C12H20N2O3.CH4/c1-40-26(38)22-20(15-33-9-10-35-17(13-33)14-34(27(35)39)8-3-2-4-21(36)37)31-24(25-30-7-11-41-25)32-23(22)18-6-5-16(29)12-19(18)28;1-24-16(23)12-11(7-17)21-14(15-20-4-5-25-15)22-13(12)9-3-2-8(19)6-10(9)18;15-11(16)6-2-3-7-13-9-10-5-1-4-8-14(10)12(13)17;/h5-7,11-12,17,23H,2-4,8-10,13-15H2,1H3,(H,31,32)(H,36,37);2-6,13H,7H2,1H3,(H,21,22);10H,1-9H2,(H,15,16);1H4/t17-,23-;13-;10-;/m000./s1. The van der Waals surface area contributed by atoms with Crippen LogP contribution in [-0.2, 0) is 28.7 Å². The molecule has 0 radical (unpaired) electrons. The van der Waals surface area contributed by atoms with Crippen molar-refractivity contribution in [2.75, 3.05) is 78.5 Å². The molecule has 0 unspecified atom stereocenters. The van der Waals surface area contributed by atoms with Crippen LogP contribution < -0.4 is 10.6 Å². The van der Waals surface area contributed by atoms with Crippen LogP contribution in [0.4, 0.5) is 18.4 Å². The lowest BCUT2D eigenvalue weighted by atomic mass is 9.95. The number of benzene rings is 2. The Morgan fingerprint density at radius 1 is 0.690 bits per heavy atom. The number of hydrogen-bond acceptors (Lipinski definition) is 17. The number of aromatic nitrogens is 2. The maximum absolute atomic E-state index is 13.9. The molecule has 0 spiro atoms. The van der Waals surface area contributed by atoms with Crippen LogP contribution in [0.1, 0.15) is 98.4 Å². The molecule has 2 aromatic heterocycles. The molecule has 6 aliphatic rings. The molecular weight excluding hydrogens is 1240 g/mol. The monoisotopic (exact) mass is 1300 g/mol. The minimum Gasteiger partial charge on any atom is -0.481 e. The van der Waals surface area contributed by atoms with E-state index in [0.717, 1.165) is 32.4 Å². The van der Waals surface area contributed by atoms with Crippen LogP contribution in [0.2, 0.25) is 10.0 Å². The Labute approximate surface area is 511 Å². The van der Waals surface area contributed by atoms with Crippen LogP contribution in [0.15, 0.2) is 92.1 Å². The number of halogens is 5. The van der Waals surface area contributed by atoms with Gasteiger partial charge in [0.25, 0.3) is 0 Å². The van der Waals surface area contributed by atoms with E-state index >= 15 is 0 Å². The zero-order chi connectivity index (χ0) is 59.3. The van der Waals surface area contributed by atoms with Gasteiger partial charge < -0.3 is 49.9 Å². The number of carbonyl (C=O) groups is 6. The molecule has 4 aromatic rings. The Morgan fingerprint density at radius 2 is 1.18 bits per heavy atom. The summed E-state index contributed by atoms with van der Waals surface area (Å²) in [4.78, 5) is 99.3. The van der Waals surface area contributed by atoms with Gasteiger partial charge in [-0.15, -0.1) is 22.7 Å². The molecule has 0 aliphatic carbocycles. The van der Waals surface area contributed by atoms with E-state index in [9.17, 15) is 37.5 Å². The van der Waals surface area contributed by atoms with Crippen LogP contribution in [0.5, 0.6) is 0 Å². The number of piperazine rings is 1. The third-order valence-electron chi connectivity index (χ3n) is 14.6. The zero-order valence-electron chi connectivity index (χ0n) is 45.4. The lowest BCUT2D eigenvalue weighted by Crippen LogP contribution is -2.53. The summed E-state index contributed by atoms with van der Waals surface area (Å²) >= 11 is 18.8. The highest BCUT2D eigenvalue weighted by molar-refractivity contribution is 9.09. The first-order valence-electron chi connectivity index (χ1n) is 26.8. The highest BCUT2D eigenvalue weighted by Gasteiger charge is 2.42. The van der Waals surface area contributed by atoms with Crippen molar-refractivity contribution in [3.63, 3.8) is 0 Å². The minimum atomic E-state index is -0.846. The number of carboxylic acids is 2. The van der Waals surface area contributed by atoms with Crippen molar-refractivity contribution in [2.24, 2.45) is 9.98 Å². The first kappa shape index (κ1) is 65.0. The molecule has 6 aliphatic heterocycles. The number of piperidine rings is 1. The van der Waals surface area contributed by atoms with E-state index in [1.807, 2.05) is 25.5 Å². The number of unbranched alkanes of at least 4 members (excludes halogenated alkanes) is 2. The lowest BCUT2D eigenvalue weighted by molar-refractivity contribution is -0.138. The van der Waals surface area contributed by atoms with Gasteiger partial charge in [-0.05, 0) is 69.2 Å². The number of nitrogens with zero attached hydrogens (tertiary/aromatic N) is 9. The number of alkyl halides is 1. The fourth-order valence-electron chi connectivity index (χ4n) is 10.6. The molecule has 4 amide bonds. The number of hydrogen-bond donors (Lipinski definition) is 4. The number of allylic oxidation sites excluding steroid dienone is 1. The summed E-state index contributed by atoms with van der Waals surface area (Å²) in [5.41, 5.74) is 2.73. The van der Waals surface area contributed by atoms with Crippen LogP contribution in [0, 0.1) is 11.6 Å². The molecular formula is C56H66BrCl2F2N11O10S2. The Balaban J connectivity index is 0.000000199. The quantitative estimate of drug-likeness (QED) is 0.0388. The molecule has 8 heterocycles. The van der Waals surface area contributed by atoms with Crippen LogP contribution in [0.25, 0.3) is 0 Å². The van der Waals surface area contributed by atoms with Crippen molar-refractivity contribution in [3.8, 4) is 0 Å². The number of methoxy groups -OCH3 is 2. The molecule has 10 rings (SSSR count). The first-order chi connectivity index (χ1) is 40.0. The highest BCUT2D eigenvalue weighted by atomic mass is 79.9. The van der Waals surface area contributed by atoms with Crippen molar-refractivity contribution >= 4 is 109 Å². The number of amides is 4. The largest absolute Gasteiger partial charge is 0.481 e. The number of esters is 2. The van der Waals surface area contributed by atoms with Gasteiger partial charge in [-0.3, -0.25) is 24.5 Å². The predicted molar refractivity (Wildman–Crippen MR) is 319 cm³/mol. The van der Waals surface area contributed by atoms with Crippen molar-refractivity contribution in [2.45, 2.75) is 89.4 Å². The smallest absolute Gasteiger partial charge is 0.338 e. The number of carboxylic acid groups (broad SMARTS) is 2. The third kappa shape index (κ3) is 16.0. The molecule has 2 aromatic carbocycles. The average molecular weight is 1310 g/mol. The van der Waals surface area contributed by atoms with Gasteiger partial charge in [0.1, 0.15) is 23.7 Å². The lowest BCUT2D eigenvalue weighted by Gasteiger charge is -2.38. The van der Waals surface area contributed by atoms with E-state index in [2.05, 4.69) is 46.4 Å². The van der Waals surface area contributed by atoms with Crippen LogP contribution >= 0.6 is 61.8 Å². The summed E-state index contributed by atoms with van der Waals surface area (Å²) in [7, 11) is 2.59. The van der Waals surface area contributed by atoms with E-state index in [1.54, 1.807) is 17.3 Å². The first-order valence-corrected chi connectivity index (χ1v) is 30.5. The maximum Gasteiger partial charge on any atom is 0.338 e. The summed E-state index contributed by atoms with van der Waals surface area (Å²) in [6.07, 6.45) is 9.68. The van der Waals surface area contributed by atoms with Gasteiger partial charge in [0.15, 0.2) is 21.7 Å². The van der Waals surface area contributed by atoms with Gasteiger partial charge in [0, 0.05) is 133 Å². The fraction of sp³-hybridized carbons (Fsp3) is 0.464. The molecule has 4 atom stereocenters. The molecule has 28 heteroatoms. The van der Waals surface area contributed by atoms with E-state index in [-0.39, 0.29) is 54.0 Å². The maximum atomic E-state index is 13.9. The fourth-order valence-corrected chi connectivity index (χ4v) is 12.8. The number of ether oxygens (including phenoxy) is 2. The van der Waals surface area contributed by atoms with Gasteiger partial charge >= 0.3 is 35.9 Å². The van der Waals surface area contributed by atoms with Crippen LogP contribution in [0.3, 0.4) is 0 Å². The normalized spacial score (nSPS) is 20.2. The molecule has 4 saturated heterocycles. The average Bonchev–Trinajstić information content (AvgIpc) is 2.27. The van der Waals surface area contributed by atoms with Gasteiger partial charge in [-0.2, -0.15) is 0 Å². The van der Waals surface area contributed by atoms with Crippen molar-refractivity contribution in [1.29, 1.82) is 0 Å². The molecule has 84 heavy (non-hydrogen) atoms. The summed E-state index contributed by atoms with van der Waals surface area (Å²) in [6, 6.07) is 6.92. The van der Waals surface area contributed by atoms with Crippen molar-refractivity contribution in [3.05, 3.63) is 125 Å². The van der Waals surface area contributed by atoms with Crippen LogP contribution in [-0.4, -0.2) is 183 Å². The number of amidine groups is 2. The summed E-state index contributed by atoms with van der Waals surface area (Å²) in [5.74, 6) is -2.68. The summed E-state index contributed by atoms with van der Waals surface area (Å²) in [6.45, 7) is 5.56. The van der Waals surface area contributed by atoms with Crippen molar-refractivity contribution in [1.82, 2.24) is 45.1 Å². The van der Waals surface area contributed by atoms with E-state index in [0.29, 0.717) is 126 Å². The van der Waals surface area contributed by atoms with Crippen molar-refractivity contribution < 1.29 is 57.2 Å².